The second-order valence-electron chi connectivity index (χ2n) is 6.71. The molecule has 32 heavy (non-hydrogen) atoms. The van der Waals surface area contributed by atoms with Crippen LogP contribution in [-0.4, -0.2) is 27.0 Å². The SMILES string of the molecule is O=C(NN=Cc1ccccc1[N+](=O)[O-])c1nc(-c2ccccc2)cc(-c2ccccc2)n1. The van der Waals surface area contributed by atoms with E-state index in [1.165, 1.54) is 18.3 Å². The predicted molar refractivity (Wildman–Crippen MR) is 121 cm³/mol. The van der Waals surface area contributed by atoms with E-state index >= 15 is 0 Å². The van der Waals surface area contributed by atoms with Crippen molar-refractivity contribution in [3.8, 4) is 22.5 Å². The van der Waals surface area contributed by atoms with Crippen molar-refractivity contribution < 1.29 is 9.72 Å². The molecule has 156 valence electrons. The lowest BCUT2D eigenvalue weighted by molar-refractivity contribution is -0.385. The fourth-order valence-electron chi connectivity index (χ4n) is 3.04. The van der Waals surface area contributed by atoms with Crippen molar-refractivity contribution in [2.75, 3.05) is 0 Å². The summed E-state index contributed by atoms with van der Waals surface area (Å²) in [5.74, 6) is -0.695. The minimum atomic E-state index is -0.630. The first-order valence-corrected chi connectivity index (χ1v) is 9.68. The van der Waals surface area contributed by atoms with Crippen molar-refractivity contribution in [2.45, 2.75) is 0 Å². The van der Waals surface area contributed by atoms with Gasteiger partial charge in [0, 0.05) is 17.2 Å². The number of carbonyl (C=O) groups is 1. The quantitative estimate of drug-likeness (QED) is 0.279. The maximum Gasteiger partial charge on any atom is 0.309 e. The second-order valence-corrected chi connectivity index (χ2v) is 6.71. The smallest absolute Gasteiger partial charge is 0.264 e. The number of nitro benzene ring substituents is 1. The number of benzene rings is 3. The molecule has 1 heterocycles. The summed E-state index contributed by atoms with van der Waals surface area (Å²) in [6.07, 6.45) is 1.22. The number of hydrazone groups is 1. The minimum absolute atomic E-state index is 0.0649. The van der Waals surface area contributed by atoms with Crippen LogP contribution in [0, 0.1) is 10.1 Å². The third-order valence-corrected chi connectivity index (χ3v) is 4.57. The predicted octanol–water partition coefficient (Wildman–Crippen LogP) is 4.48. The van der Waals surface area contributed by atoms with Crippen LogP contribution in [0.5, 0.6) is 0 Å². The summed E-state index contributed by atoms with van der Waals surface area (Å²) in [6.45, 7) is 0. The number of nitrogens with one attached hydrogen (secondary N) is 1. The zero-order valence-electron chi connectivity index (χ0n) is 16.8. The summed E-state index contributed by atoms with van der Waals surface area (Å²) in [5.41, 5.74) is 5.36. The van der Waals surface area contributed by atoms with Crippen molar-refractivity contribution in [2.24, 2.45) is 5.10 Å². The third-order valence-electron chi connectivity index (χ3n) is 4.57. The molecular weight excluding hydrogens is 406 g/mol. The van der Waals surface area contributed by atoms with E-state index in [1.807, 2.05) is 66.7 Å². The molecule has 0 unspecified atom stereocenters. The van der Waals surface area contributed by atoms with Gasteiger partial charge in [-0.15, -0.1) is 0 Å². The van der Waals surface area contributed by atoms with Gasteiger partial charge < -0.3 is 0 Å². The molecule has 0 bridgehead atoms. The Labute approximate surface area is 183 Å². The van der Waals surface area contributed by atoms with Crippen molar-refractivity contribution in [1.29, 1.82) is 0 Å². The van der Waals surface area contributed by atoms with E-state index in [0.717, 1.165) is 11.1 Å². The highest BCUT2D eigenvalue weighted by atomic mass is 16.6. The zero-order valence-corrected chi connectivity index (χ0v) is 16.8. The largest absolute Gasteiger partial charge is 0.309 e. The van der Waals surface area contributed by atoms with Crippen LogP contribution in [0.3, 0.4) is 0 Å². The molecule has 0 radical (unpaired) electrons. The number of hydrogen-bond acceptors (Lipinski definition) is 6. The molecule has 0 atom stereocenters. The molecule has 0 saturated heterocycles. The number of nitrogens with zero attached hydrogens (tertiary/aromatic N) is 4. The highest BCUT2D eigenvalue weighted by Crippen LogP contribution is 2.23. The molecule has 0 saturated carbocycles. The Morgan fingerprint density at radius 2 is 1.38 bits per heavy atom. The standard InChI is InChI=1S/C24H17N5O3/c30-24(28-25-16-19-13-7-8-14-22(19)29(31)32)23-26-20(17-9-3-1-4-10-17)15-21(27-23)18-11-5-2-6-12-18/h1-16H,(H,28,30). The fourth-order valence-corrected chi connectivity index (χ4v) is 3.04. The summed E-state index contributed by atoms with van der Waals surface area (Å²) in [4.78, 5) is 32.1. The number of carbonyl (C=O) groups excluding carboxylic acids is 1. The van der Waals surface area contributed by atoms with Gasteiger partial charge in [-0.2, -0.15) is 5.10 Å². The molecule has 0 spiro atoms. The topological polar surface area (TPSA) is 110 Å². The Kier molecular flexibility index (Phi) is 6.03. The third kappa shape index (κ3) is 4.71. The van der Waals surface area contributed by atoms with E-state index in [4.69, 9.17) is 0 Å². The Morgan fingerprint density at radius 3 is 1.94 bits per heavy atom. The van der Waals surface area contributed by atoms with E-state index in [0.29, 0.717) is 11.4 Å². The zero-order chi connectivity index (χ0) is 22.3. The molecule has 0 aliphatic heterocycles. The van der Waals surface area contributed by atoms with Crippen LogP contribution >= 0.6 is 0 Å². The molecule has 8 nitrogen and oxygen atoms in total. The van der Waals surface area contributed by atoms with Gasteiger partial charge in [0.2, 0.25) is 5.82 Å². The Balaban J connectivity index is 1.65. The lowest BCUT2D eigenvalue weighted by atomic mass is 10.1. The molecule has 0 aliphatic carbocycles. The first kappa shape index (κ1) is 20.5. The molecule has 0 fully saturated rings. The summed E-state index contributed by atoms with van der Waals surface area (Å²) < 4.78 is 0. The number of aromatic nitrogens is 2. The average molecular weight is 423 g/mol. The van der Waals surface area contributed by atoms with Crippen molar-refractivity contribution in [3.63, 3.8) is 0 Å². The van der Waals surface area contributed by atoms with E-state index in [1.54, 1.807) is 12.1 Å². The van der Waals surface area contributed by atoms with E-state index in [9.17, 15) is 14.9 Å². The van der Waals surface area contributed by atoms with Crippen molar-refractivity contribution >= 4 is 17.8 Å². The van der Waals surface area contributed by atoms with Gasteiger partial charge >= 0.3 is 5.91 Å². The molecule has 1 amide bonds. The van der Waals surface area contributed by atoms with E-state index in [-0.39, 0.29) is 17.1 Å². The molecule has 1 N–H and O–H groups in total. The molecule has 3 aromatic carbocycles. The summed E-state index contributed by atoms with van der Waals surface area (Å²) in [7, 11) is 0. The molecule has 0 aliphatic rings. The lowest BCUT2D eigenvalue weighted by Crippen LogP contribution is -2.21. The maximum absolute atomic E-state index is 12.7. The van der Waals surface area contributed by atoms with Crippen molar-refractivity contribution in [1.82, 2.24) is 15.4 Å². The van der Waals surface area contributed by atoms with E-state index < -0.39 is 10.8 Å². The van der Waals surface area contributed by atoms with Crippen LogP contribution in [-0.2, 0) is 0 Å². The van der Waals surface area contributed by atoms with Crippen LogP contribution in [0.1, 0.15) is 16.2 Å². The molecule has 8 heteroatoms. The summed E-state index contributed by atoms with van der Waals surface area (Å²) in [6, 6.07) is 26.8. The minimum Gasteiger partial charge on any atom is -0.264 e. The van der Waals surface area contributed by atoms with Crippen LogP contribution < -0.4 is 5.43 Å². The van der Waals surface area contributed by atoms with Crippen LogP contribution in [0.25, 0.3) is 22.5 Å². The van der Waals surface area contributed by atoms with Crippen LogP contribution in [0.15, 0.2) is 96.1 Å². The lowest BCUT2D eigenvalue weighted by Gasteiger charge is -2.08. The number of rotatable bonds is 6. The summed E-state index contributed by atoms with van der Waals surface area (Å²) in [5, 5.41) is 15.0. The van der Waals surface area contributed by atoms with Gasteiger partial charge in [-0.25, -0.2) is 15.4 Å². The second kappa shape index (κ2) is 9.40. The molecule has 4 rings (SSSR count). The van der Waals surface area contributed by atoms with Gasteiger partial charge in [-0.3, -0.25) is 14.9 Å². The first-order valence-electron chi connectivity index (χ1n) is 9.68. The van der Waals surface area contributed by atoms with Gasteiger partial charge in [-0.05, 0) is 12.1 Å². The highest BCUT2D eigenvalue weighted by molar-refractivity contribution is 5.93. The Hall–Kier alpha value is -4.72. The average Bonchev–Trinajstić information content (AvgIpc) is 2.85. The number of para-hydroxylation sites is 1. The Morgan fingerprint density at radius 1 is 0.844 bits per heavy atom. The molecule has 4 aromatic rings. The highest BCUT2D eigenvalue weighted by Gasteiger charge is 2.15. The monoisotopic (exact) mass is 423 g/mol. The van der Waals surface area contributed by atoms with Gasteiger partial charge in [0.25, 0.3) is 5.69 Å². The Bertz CT molecular complexity index is 1230. The maximum atomic E-state index is 12.7. The molecular formula is C24H17N5O3. The fraction of sp³-hybridized carbons (Fsp3) is 0. The number of nitro groups is 1. The first-order chi connectivity index (χ1) is 15.6. The van der Waals surface area contributed by atoms with Gasteiger partial charge in [0.05, 0.1) is 28.1 Å². The summed E-state index contributed by atoms with van der Waals surface area (Å²) >= 11 is 0. The molecule has 1 aromatic heterocycles. The van der Waals surface area contributed by atoms with E-state index in [2.05, 4.69) is 20.5 Å². The number of hydrogen-bond donors (Lipinski definition) is 1. The van der Waals surface area contributed by atoms with Crippen LogP contribution in [0.2, 0.25) is 0 Å². The number of amides is 1. The van der Waals surface area contributed by atoms with Gasteiger partial charge in [0.1, 0.15) is 0 Å². The van der Waals surface area contributed by atoms with Gasteiger partial charge in [0.15, 0.2) is 0 Å². The normalized spacial score (nSPS) is 10.8. The van der Waals surface area contributed by atoms with Crippen LogP contribution in [0.4, 0.5) is 5.69 Å². The van der Waals surface area contributed by atoms with Gasteiger partial charge in [-0.1, -0.05) is 72.8 Å². The van der Waals surface area contributed by atoms with Crippen molar-refractivity contribution in [3.05, 3.63) is 112 Å².